The van der Waals surface area contributed by atoms with Crippen molar-refractivity contribution in [3.8, 4) is 0 Å². The predicted molar refractivity (Wildman–Crippen MR) is 42.1 cm³/mol. The fourth-order valence-electron chi connectivity index (χ4n) is 1.35. The quantitative estimate of drug-likeness (QED) is 0.414. The van der Waals surface area contributed by atoms with E-state index in [1.165, 1.54) is 11.1 Å². The van der Waals surface area contributed by atoms with Crippen LogP contribution in [-0.2, 0) is 13.0 Å². The van der Waals surface area contributed by atoms with Gasteiger partial charge in [0.15, 0.2) is 0 Å². The fourth-order valence-corrected chi connectivity index (χ4v) is 1.35. The van der Waals surface area contributed by atoms with Crippen LogP contribution in [0, 0.1) is 0 Å². The Morgan fingerprint density at radius 2 is 1.82 bits per heavy atom. The summed E-state index contributed by atoms with van der Waals surface area (Å²) < 4.78 is 0. The Labute approximate surface area is 79.4 Å². The van der Waals surface area contributed by atoms with Gasteiger partial charge in [0.05, 0.1) is 0 Å². The summed E-state index contributed by atoms with van der Waals surface area (Å²) in [5.41, 5.74) is 2.89. The van der Waals surface area contributed by atoms with Crippen LogP contribution in [0.5, 0.6) is 0 Å². The molecule has 2 rings (SSSR count). The van der Waals surface area contributed by atoms with E-state index in [0.717, 1.165) is 19.5 Å². The summed E-state index contributed by atoms with van der Waals surface area (Å²) in [5, 5.41) is 4.32. The number of rotatable bonds is 0. The second-order valence-electron chi connectivity index (χ2n) is 2.62. The molecule has 0 atom stereocenters. The molecule has 11 heavy (non-hydrogen) atoms. The standard InChI is InChI=1S/C9H10N.Li/c1-2-4-9-7-10-6-5-8(9)3-1;/h1-4H,5-7H2;/q-1;+1. The van der Waals surface area contributed by atoms with E-state index < -0.39 is 0 Å². The summed E-state index contributed by atoms with van der Waals surface area (Å²) in [5.74, 6) is 0. The molecular formula is C9H10LiN. The van der Waals surface area contributed by atoms with E-state index in [4.69, 9.17) is 0 Å². The molecule has 2 heteroatoms. The topological polar surface area (TPSA) is 14.1 Å². The summed E-state index contributed by atoms with van der Waals surface area (Å²) in [6.45, 7) is 1.94. The molecule has 0 spiro atoms. The van der Waals surface area contributed by atoms with Gasteiger partial charge in [-0.05, 0) is 12.0 Å². The number of hydrogen-bond donors (Lipinski definition) is 0. The molecular weight excluding hydrogens is 129 g/mol. The van der Waals surface area contributed by atoms with Crippen molar-refractivity contribution >= 4 is 0 Å². The van der Waals surface area contributed by atoms with Crippen molar-refractivity contribution in [3.63, 3.8) is 0 Å². The third-order valence-corrected chi connectivity index (χ3v) is 1.94. The van der Waals surface area contributed by atoms with Crippen LogP contribution in [0.1, 0.15) is 11.1 Å². The number of hydrogen-bond acceptors (Lipinski definition) is 0. The number of fused-ring (bicyclic) bond motifs is 1. The molecule has 0 amide bonds. The van der Waals surface area contributed by atoms with E-state index in [0.29, 0.717) is 0 Å². The average Bonchev–Trinajstić information content (AvgIpc) is 2.05. The van der Waals surface area contributed by atoms with Crippen molar-refractivity contribution in [2.75, 3.05) is 6.54 Å². The maximum Gasteiger partial charge on any atom is 1.00 e. The van der Waals surface area contributed by atoms with Gasteiger partial charge in [-0.1, -0.05) is 29.8 Å². The van der Waals surface area contributed by atoms with E-state index in [1.54, 1.807) is 0 Å². The van der Waals surface area contributed by atoms with Crippen LogP contribution < -0.4 is 18.9 Å². The normalized spacial score (nSPS) is 14.9. The van der Waals surface area contributed by atoms with E-state index >= 15 is 0 Å². The second-order valence-corrected chi connectivity index (χ2v) is 2.62. The van der Waals surface area contributed by atoms with Crippen molar-refractivity contribution < 1.29 is 18.9 Å². The van der Waals surface area contributed by atoms with Crippen molar-refractivity contribution in [3.05, 3.63) is 40.7 Å². The van der Waals surface area contributed by atoms with Gasteiger partial charge in [-0.3, -0.25) is 0 Å². The first kappa shape index (κ1) is 8.87. The third-order valence-electron chi connectivity index (χ3n) is 1.94. The molecule has 0 N–H and O–H groups in total. The summed E-state index contributed by atoms with van der Waals surface area (Å²) in [6, 6.07) is 8.55. The Hall–Kier alpha value is -0.223. The zero-order valence-corrected chi connectivity index (χ0v) is 6.88. The second kappa shape index (κ2) is 3.97. The van der Waals surface area contributed by atoms with Gasteiger partial charge in [0.1, 0.15) is 0 Å². The first-order valence-electron chi connectivity index (χ1n) is 3.67. The molecule has 0 saturated carbocycles. The van der Waals surface area contributed by atoms with Crippen LogP contribution >= 0.6 is 0 Å². The summed E-state index contributed by atoms with van der Waals surface area (Å²) in [4.78, 5) is 0. The Morgan fingerprint density at radius 1 is 1.09 bits per heavy atom. The van der Waals surface area contributed by atoms with Crippen LogP contribution in [0.2, 0.25) is 0 Å². The minimum atomic E-state index is 0. The number of nitrogens with zero attached hydrogens (tertiary/aromatic N) is 1. The summed E-state index contributed by atoms with van der Waals surface area (Å²) >= 11 is 0. The molecule has 1 nitrogen and oxygen atoms in total. The molecule has 0 aromatic heterocycles. The summed E-state index contributed by atoms with van der Waals surface area (Å²) in [6.07, 6.45) is 1.14. The molecule has 1 aromatic rings. The van der Waals surface area contributed by atoms with E-state index in [-0.39, 0.29) is 18.9 Å². The molecule has 0 aliphatic carbocycles. The maximum atomic E-state index is 4.32. The van der Waals surface area contributed by atoms with Crippen LogP contribution in [0.25, 0.3) is 5.32 Å². The molecule has 1 aliphatic heterocycles. The van der Waals surface area contributed by atoms with Gasteiger partial charge in [-0.25, -0.2) is 0 Å². The molecule has 0 radical (unpaired) electrons. The molecule has 0 saturated heterocycles. The Balaban J connectivity index is 0.000000605. The van der Waals surface area contributed by atoms with E-state index in [2.05, 4.69) is 29.6 Å². The summed E-state index contributed by atoms with van der Waals surface area (Å²) in [7, 11) is 0. The van der Waals surface area contributed by atoms with E-state index in [9.17, 15) is 0 Å². The van der Waals surface area contributed by atoms with Gasteiger partial charge in [-0.2, -0.15) is 0 Å². The van der Waals surface area contributed by atoms with Crippen molar-refractivity contribution in [2.45, 2.75) is 13.0 Å². The Morgan fingerprint density at radius 3 is 2.55 bits per heavy atom. The minimum Gasteiger partial charge on any atom is -0.658 e. The minimum absolute atomic E-state index is 0. The van der Waals surface area contributed by atoms with Gasteiger partial charge in [-0.15, -0.1) is 13.1 Å². The van der Waals surface area contributed by atoms with Crippen LogP contribution in [0.4, 0.5) is 0 Å². The van der Waals surface area contributed by atoms with E-state index in [1.807, 2.05) is 0 Å². The predicted octanol–water partition coefficient (Wildman–Crippen LogP) is -0.880. The first-order chi connectivity index (χ1) is 4.97. The van der Waals surface area contributed by atoms with Gasteiger partial charge < -0.3 is 5.32 Å². The SMILES string of the molecule is [Li+].c1ccc2c(c1)CC[N-]C2. The Bertz CT molecular complexity index is 210. The molecule has 1 aromatic carbocycles. The molecule has 0 bridgehead atoms. The van der Waals surface area contributed by atoms with Crippen molar-refractivity contribution in [1.29, 1.82) is 0 Å². The zero-order chi connectivity index (χ0) is 6.81. The molecule has 1 heterocycles. The monoisotopic (exact) mass is 139 g/mol. The third kappa shape index (κ3) is 1.87. The van der Waals surface area contributed by atoms with Gasteiger partial charge >= 0.3 is 18.9 Å². The molecule has 0 unspecified atom stereocenters. The van der Waals surface area contributed by atoms with Gasteiger partial charge in [0.2, 0.25) is 0 Å². The van der Waals surface area contributed by atoms with Crippen LogP contribution in [-0.4, -0.2) is 6.54 Å². The van der Waals surface area contributed by atoms with Crippen LogP contribution in [0.3, 0.4) is 0 Å². The maximum absolute atomic E-state index is 4.32. The van der Waals surface area contributed by atoms with Crippen molar-refractivity contribution in [1.82, 2.24) is 0 Å². The fraction of sp³-hybridized carbons (Fsp3) is 0.333. The van der Waals surface area contributed by atoms with Crippen molar-refractivity contribution in [2.24, 2.45) is 0 Å². The largest absolute Gasteiger partial charge is 1.00 e. The number of benzene rings is 1. The Kier molecular flexibility index (Phi) is 3.20. The van der Waals surface area contributed by atoms with Crippen LogP contribution in [0.15, 0.2) is 24.3 Å². The molecule has 1 aliphatic rings. The van der Waals surface area contributed by atoms with Gasteiger partial charge in [0.25, 0.3) is 0 Å². The first-order valence-corrected chi connectivity index (χ1v) is 3.67. The smallest absolute Gasteiger partial charge is 0.658 e. The molecule has 52 valence electrons. The molecule has 0 fully saturated rings. The average molecular weight is 139 g/mol. The van der Waals surface area contributed by atoms with Gasteiger partial charge in [0, 0.05) is 0 Å². The zero-order valence-electron chi connectivity index (χ0n) is 6.88.